The van der Waals surface area contributed by atoms with Crippen LogP contribution in [-0.4, -0.2) is 30.8 Å². The molecule has 2 rings (SSSR count). The number of aryl methyl sites for hydroxylation is 2. The molecule has 0 saturated carbocycles. The number of rotatable bonds is 5. The van der Waals surface area contributed by atoms with Gasteiger partial charge < -0.3 is 15.4 Å². The molecule has 19 heavy (non-hydrogen) atoms. The van der Waals surface area contributed by atoms with Gasteiger partial charge in [0.1, 0.15) is 0 Å². The van der Waals surface area contributed by atoms with Crippen LogP contribution in [0.4, 0.5) is 11.6 Å². The van der Waals surface area contributed by atoms with E-state index in [9.17, 15) is 10.1 Å². The lowest BCUT2D eigenvalue weighted by molar-refractivity contribution is -0.388. The van der Waals surface area contributed by atoms with Gasteiger partial charge in [0.25, 0.3) is 0 Å². The Morgan fingerprint density at radius 3 is 2.79 bits per heavy atom. The Bertz CT molecular complexity index is 600. The van der Waals surface area contributed by atoms with Gasteiger partial charge in [0.05, 0.1) is 0 Å². The van der Waals surface area contributed by atoms with Gasteiger partial charge in [-0.05, 0) is 16.0 Å². The SMILES string of the molecule is Cc1nc([N+](=O)[O-])c(NCCc2ccnn2C)n1C. The summed E-state index contributed by atoms with van der Waals surface area (Å²) in [5, 5.41) is 18.0. The third kappa shape index (κ3) is 2.56. The highest BCUT2D eigenvalue weighted by Crippen LogP contribution is 2.23. The van der Waals surface area contributed by atoms with Crippen LogP contribution in [0.25, 0.3) is 0 Å². The number of aromatic nitrogens is 4. The second-order valence-electron chi connectivity index (χ2n) is 4.27. The predicted octanol–water partition coefficient (Wildman–Crippen LogP) is 1.02. The average molecular weight is 264 g/mol. The van der Waals surface area contributed by atoms with Crippen LogP contribution in [0.5, 0.6) is 0 Å². The summed E-state index contributed by atoms with van der Waals surface area (Å²) in [6, 6.07) is 1.92. The van der Waals surface area contributed by atoms with E-state index in [1.807, 2.05) is 13.1 Å². The number of nitrogens with zero attached hydrogens (tertiary/aromatic N) is 5. The molecule has 0 unspecified atom stereocenters. The van der Waals surface area contributed by atoms with E-state index >= 15 is 0 Å². The van der Waals surface area contributed by atoms with E-state index in [0.29, 0.717) is 18.2 Å². The van der Waals surface area contributed by atoms with Crippen LogP contribution in [0.3, 0.4) is 0 Å². The Balaban J connectivity index is 2.07. The predicted molar refractivity (Wildman–Crippen MR) is 70.0 cm³/mol. The Hall–Kier alpha value is -2.38. The molecule has 102 valence electrons. The number of hydrogen-bond acceptors (Lipinski definition) is 5. The smallest absolute Gasteiger partial charge is 0.364 e. The summed E-state index contributed by atoms with van der Waals surface area (Å²) in [7, 11) is 3.62. The fourth-order valence-electron chi connectivity index (χ4n) is 1.87. The molecule has 0 aliphatic rings. The average Bonchev–Trinajstić information content (AvgIpc) is 2.88. The summed E-state index contributed by atoms with van der Waals surface area (Å²) in [5.41, 5.74) is 1.06. The van der Waals surface area contributed by atoms with Crippen molar-refractivity contribution in [3.63, 3.8) is 0 Å². The molecule has 0 aliphatic heterocycles. The Morgan fingerprint density at radius 2 is 2.21 bits per heavy atom. The topological polar surface area (TPSA) is 90.8 Å². The van der Waals surface area contributed by atoms with Gasteiger partial charge in [0, 0.05) is 45.9 Å². The monoisotopic (exact) mass is 264 g/mol. The first-order valence-corrected chi connectivity index (χ1v) is 5.89. The van der Waals surface area contributed by atoms with E-state index in [0.717, 1.165) is 12.1 Å². The molecule has 0 aliphatic carbocycles. The lowest BCUT2D eigenvalue weighted by Crippen LogP contribution is -2.11. The van der Waals surface area contributed by atoms with Gasteiger partial charge in [-0.15, -0.1) is 0 Å². The van der Waals surface area contributed by atoms with Crippen molar-refractivity contribution in [2.75, 3.05) is 11.9 Å². The first-order valence-electron chi connectivity index (χ1n) is 5.89. The Labute approximate surface area is 110 Å². The van der Waals surface area contributed by atoms with E-state index < -0.39 is 4.92 Å². The maximum Gasteiger partial charge on any atom is 0.406 e. The van der Waals surface area contributed by atoms with Crippen molar-refractivity contribution >= 4 is 11.6 Å². The maximum atomic E-state index is 10.9. The first kappa shape index (κ1) is 13.1. The minimum absolute atomic E-state index is 0.134. The largest absolute Gasteiger partial charge is 0.406 e. The quantitative estimate of drug-likeness (QED) is 0.643. The van der Waals surface area contributed by atoms with Crippen LogP contribution in [-0.2, 0) is 20.5 Å². The minimum Gasteiger partial charge on any atom is -0.364 e. The van der Waals surface area contributed by atoms with Crippen LogP contribution >= 0.6 is 0 Å². The van der Waals surface area contributed by atoms with Gasteiger partial charge >= 0.3 is 5.82 Å². The van der Waals surface area contributed by atoms with Gasteiger partial charge in [-0.2, -0.15) is 5.10 Å². The van der Waals surface area contributed by atoms with Crippen molar-refractivity contribution in [2.24, 2.45) is 14.1 Å². The van der Waals surface area contributed by atoms with E-state index in [2.05, 4.69) is 15.4 Å². The zero-order valence-corrected chi connectivity index (χ0v) is 11.1. The molecular formula is C11H16N6O2. The highest BCUT2D eigenvalue weighted by atomic mass is 16.6. The first-order chi connectivity index (χ1) is 9.00. The summed E-state index contributed by atoms with van der Waals surface area (Å²) in [5.74, 6) is 0.907. The standard InChI is InChI=1S/C11H16N6O2/c1-8-14-11(17(18)19)10(15(8)2)12-6-4-9-5-7-13-16(9)3/h5,7,12H,4,6H2,1-3H3. The zero-order chi connectivity index (χ0) is 14.0. The van der Waals surface area contributed by atoms with Crippen LogP contribution in [0, 0.1) is 17.0 Å². The summed E-state index contributed by atoms with van der Waals surface area (Å²) in [4.78, 5) is 14.4. The number of imidazole rings is 1. The fourth-order valence-corrected chi connectivity index (χ4v) is 1.87. The Morgan fingerprint density at radius 1 is 1.47 bits per heavy atom. The van der Waals surface area contributed by atoms with Crippen LogP contribution in [0.2, 0.25) is 0 Å². The molecule has 2 aromatic rings. The van der Waals surface area contributed by atoms with E-state index in [4.69, 9.17) is 0 Å². The molecule has 0 bridgehead atoms. The Kier molecular flexibility index (Phi) is 3.50. The van der Waals surface area contributed by atoms with E-state index in [1.54, 1.807) is 29.4 Å². The van der Waals surface area contributed by atoms with Gasteiger partial charge in [-0.3, -0.25) is 9.25 Å². The molecule has 0 amide bonds. The molecule has 0 aromatic carbocycles. The summed E-state index contributed by atoms with van der Waals surface area (Å²) in [6.45, 7) is 2.32. The number of anilines is 1. The molecule has 0 fully saturated rings. The highest BCUT2D eigenvalue weighted by Gasteiger charge is 2.22. The van der Waals surface area contributed by atoms with Crippen LogP contribution in [0.15, 0.2) is 12.3 Å². The molecule has 2 heterocycles. The molecule has 8 heteroatoms. The van der Waals surface area contributed by atoms with Gasteiger partial charge in [-0.1, -0.05) is 0 Å². The van der Waals surface area contributed by atoms with E-state index in [-0.39, 0.29) is 5.82 Å². The van der Waals surface area contributed by atoms with Crippen molar-refractivity contribution in [3.05, 3.63) is 33.9 Å². The minimum atomic E-state index is -0.473. The highest BCUT2D eigenvalue weighted by molar-refractivity contribution is 5.53. The van der Waals surface area contributed by atoms with Gasteiger partial charge in [-0.25, -0.2) is 0 Å². The lowest BCUT2D eigenvalue weighted by atomic mass is 10.3. The van der Waals surface area contributed by atoms with Crippen molar-refractivity contribution in [1.82, 2.24) is 19.3 Å². The van der Waals surface area contributed by atoms with Crippen molar-refractivity contribution in [3.8, 4) is 0 Å². The van der Waals surface area contributed by atoms with Gasteiger partial charge in [0.15, 0.2) is 0 Å². The number of nitro groups is 1. The van der Waals surface area contributed by atoms with Gasteiger partial charge in [0.2, 0.25) is 11.6 Å². The molecule has 8 nitrogen and oxygen atoms in total. The second-order valence-corrected chi connectivity index (χ2v) is 4.27. The molecule has 2 aromatic heterocycles. The lowest BCUT2D eigenvalue weighted by Gasteiger charge is -2.06. The maximum absolute atomic E-state index is 10.9. The summed E-state index contributed by atoms with van der Waals surface area (Å²) in [6.07, 6.45) is 2.46. The van der Waals surface area contributed by atoms with Crippen molar-refractivity contribution < 1.29 is 4.92 Å². The molecular weight excluding hydrogens is 248 g/mol. The zero-order valence-electron chi connectivity index (χ0n) is 11.1. The van der Waals surface area contributed by atoms with E-state index in [1.165, 1.54) is 0 Å². The summed E-state index contributed by atoms with van der Waals surface area (Å²) >= 11 is 0. The summed E-state index contributed by atoms with van der Waals surface area (Å²) < 4.78 is 3.46. The van der Waals surface area contributed by atoms with Crippen LogP contribution < -0.4 is 5.32 Å². The molecule has 0 atom stereocenters. The second kappa shape index (κ2) is 5.09. The third-order valence-electron chi connectivity index (χ3n) is 3.07. The molecule has 1 N–H and O–H groups in total. The van der Waals surface area contributed by atoms with Crippen molar-refractivity contribution in [1.29, 1.82) is 0 Å². The number of nitrogens with one attached hydrogen (secondary N) is 1. The third-order valence-corrected chi connectivity index (χ3v) is 3.07. The molecule has 0 radical (unpaired) electrons. The van der Waals surface area contributed by atoms with Crippen LogP contribution in [0.1, 0.15) is 11.5 Å². The molecule has 0 saturated heterocycles. The fraction of sp³-hybridized carbons (Fsp3) is 0.455. The normalized spacial score (nSPS) is 10.7. The number of hydrogen-bond donors (Lipinski definition) is 1. The molecule has 0 spiro atoms. The van der Waals surface area contributed by atoms with Crippen molar-refractivity contribution in [2.45, 2.75) is 13.3 Å².